The van der Waals surface area contributed by atoms with Gasteiger partial charge in [-0.25, -0.2) is 5.10 Å². The van der Waals surface area contributed by atoms with Gasteiger partial charge >= 0.3 is 0 Å². The summed E-state index contributed by atoms with van der Waals surface area (Å²) in [4.78, 5) is 15.1. The minimum Gasteiger partial charge on any atom is -0.293 e. The second-order valence-electron chi connectivity index (χ2n) is 2.59. The van der Waals surface area contributed by atoms with E-state index in [0.717, 1.165) is 0 Å². The van der Waals surface area contributed by atoms with E-state index in [2.05, 4.69) is 25.6 Å². The largest absolute Gasteiger partial charge is 0.293 e. The molecule has 0 unspecified atom stereocenters. The molecule has 0 radical (unpaired) electrons. The van der Waals surface area contributed by atoms with Gasteiger partial charge < -0.3 is 0 Å². The summed E-state index contributed by atoms with van der Waals surface area (Å²) in [5.41, 5.74) is 0. The molecule has 0 saturated carbocycles. The number of aromatic nitrogens is 5. The molecule has 0 aliphatic heterocycles. The van der Waals surface area contributed by atoms with Crippen LogP contribution in [0.4, 0.5) is 5.95 Å². The van der Waals surface area contributed by atoms with Crippen LogP contribution in [0.25, 0.3) is 0 Å². The van der Waals surface area contributed by atoms with Crippen LogP contribution in [0.3, 0.4) is 0 Å². The third-order valence-electron chi connectivity index (χ3n) is 1.54. The fourth-order valence-electron chi connectivity index (χ4n) is 0.978. The van der Waals surface area contributed by atoms with E-state index in [1.807, 2.05) is 0 Å². The molecule has 2 N–H and O–H groups in total. The Morgan fingerprint density at radius 1 is 1.64 bits per heavy atom. The van der Waals surface area contributed by atoms with Crippen LogP contribution in [0.1, 0.15) is 0 Å². The van der Waals surface area contributed by atoms with E-state index in [9.17, 15) is 4.79 Å². The van der Waals surface area contributed by atoms with Gasteiger partial charge in [0.2, 0.25) is 11.9 Å². The Hall–Kier alpha value is -2.18. The summed E-state index contributed by atoms with van der Waals surface area (Å²) >= 11 is 0. The number of nitrogens with one attached hydrogen (secondary N) is 2. The zero-order chi connectivity index (χ0) is 9.80. The van der Waals surface area contributed by atoms with Crippen molar-refractivity contribution in [2.24, 2.45) is 0 Å². The zero-order valence-corrected chi connectivity index (χ0v) is 7.21. The van der Waals surface area contributed by atoms with Gasteiger partial charge in [-0.3, -0.25) is 14.8 Å². The molecule has 0 aromatic carbocycles. The Morgan fingerprint density at radius 2 is 2.57 bits per heavy atom. The number of nitrogens with zero attached hydrogens (tertiary/aromatic N) is 4. The number of anilines is 1. The molecule has 2 aromatic rings. The smallest absolute Gasteiger partial charge is 0.248 e. The summed E-state index contributed by atoms with van der Waals surface area (Å²) in [5, 5.41) is 12.6. The van der Waals surface area contributed by atoms with Gasteiger partial charge in [-0.15, -0.1) is 0 Å². The molecule has 0 saturated heterocycles. The number of hydrogen-bond donors (Lipinski definition) is 2. The van der Waals surface area contributed by atoms with Crippen molar-refractivity contribution in [3.8, 4) is 0 Å². The third-order valence-corrected chi connectivity index (χ3v) is 1.54. The molecule has 72 valence electrons. The Kier molecular flexibility index (Phi) is 2.22. The minimum atomic E-state index is -0.203. The fraction of sp³-hybridized carbons (Fsp3) is 0.143. The Labute approximate surface area is 79.2 Å². The SMILES string of the molecule is O=C(Cn1cccn1)Nc1ncn[nH]1. The van der Waals surface area contributed by atoms with Crippen LogP contribution in [0.5, 0.6) is 0 Å². The standard InChI is InChI=1S/C7H8N6O/c14-6(4-13-3-1-2-10-13)11-7-8-5-9-12-7/h1-3,5H,4H2,(H2,8,9,11,12,14). The molecule has 0 atom stereocenters. The summed E-state index contributed by atoms with van der Waals surface area (Å²) in [6.07, 6.45) is 4.64. The molecule has 0 spiro atoms. The lowest BCUT2D eigenvalue weighted by Gasteiger charge is -2.00. The van der Waals surface area contributed by atoms with Crippen LogP contribution >= 0.6 is 0 Å². The number of rotatable bonds is 3. The summed E-state index contributed by atoms with van der Waals surface area (Å²) in [6.45, 7) is 0.160. The number of carbonyl (C=O) groups excluding carboxylic acids is 1. The van der Waals surface area contributed by atoms with E-state index in [1.165, 1.54) is 11.0 Å². The highest BCUT2D eigenvalue weighted by molar-refractivity contribution is 5.88. The van der Waals surface area contributed by atoms with E-state index < -0.39 is 0 Å². The molecule has 2 aromatic heterocycles. The van der Waals surface area contributed by atoms with Crippen LogP contribution in [0.15, 0.2) is 24.8 Å². The van der Waals surface area contributed by atoms with Gasteiger partial charge in [-0.2, -0.15) is 15.2 Å². The first-order chi connectivity index (χ1) is 6.84. The molecule has 7 heteroatoms. The van der Waals surface area contributed by atoms with E-state index in [4.69, 9.17) is 0 Å². The van der Waals surface area contributed by atoms with Crippen LogP contribution < -0.4 is 5.32 Å². The van der Waals surface area contributed by atoms with Crippen LogP contribution in [-0.2, 0) is 11.3 Å². The molecular weight excluding hydrogens is 184 g/mol. The maximum absolute atomic E-state index is 11.3. The van der Waals surface area contributed by atoms with Crippen molar-refractivity contribution in [1.82, 2.24) is 25.0 Å². The normalized spacial score (nSPS) is 10.0. The third kappa shape index (κ3) is 1.94. The molecule has 7 nitrogen and oxygen atoms in total. The van der Waals surface area contributed by atoms with E-state index >= 15 is 0 Å². The van der Waals surface area contributed by atoms with Crippen molar-refractivity contribution < 1.29 is 4.79 Å². The zero-order valence-electron chi connectivity index (χ0n) is 7.21. The predicted molar refractivity (Wildman–Crippen MR) is 47.2 cm³/mol. The second kappa shape index (κ2) is 3.69. The number of carbonyl (C=O) groups is 1. The highest BCUT2D eigenvalue weighted by Gasteiger charge is 2.04. The lowest BCUT2D eigenvalue weighted by atomic mass is 10.6. The number of H-pyrrole nitrogens is 1. The quantitative estimate of drug-likeness (QED) is 0.695. The molecular formula is C7H8N6O. The first-order valence-electron chi connectivity index (χ1n) is 3.97. The number of hydrogen-bond acceptors (Lipinski definition) is 4. The molecule has 0 aliphatic carbocycles. The lowest BCUT2D eigenvalue weighted by molar-refractivity contribution is -0.116. The van der Waals surface area contributed by atoms with Crippen molar-refractivity contribution in [2.45, 2.75) is 6.54 Å². The van der Waals surface area contributed by atoms with Crippen molar-refractivity contribution >= 4 is 11.9 Å². The Balaban J connectivity index is 1.91. The molecule has 0 aliphatic rings. The average molecular weight is 192 g/mol. The summed E-state index contributed by atoms with van der Waals surface area (Å²) < 4.78 is 1.52. The minimum absolute atomic E-state index is 0.160. The summed E-state index contributed by atoms with van der Waals surface area (Å²) in [7, 11) is 0. The molecule has 0 bridgehead atoms. The van der Waals surface area contributed by atoms with Gasteiger partial charge in [0.05, 0.1) is 0 Å². The van der Waals surface area contributed by atoms with Crippen molar-refractivity contribution in [3.05, 3.63) is 24.8 Å². The average Bonchev–Trinajstić information content (AvgIpc) is 2.76. The topological polar surface area (TPSA) is 88.5 Å². The Bertz CT molecular complexity index is 354. The van der Waals surface area contributed by atoms with Gasteiger partial charge in [0.15, 0.2) is 0 Å². The highest BCUT2D eigenvalue weighted by Crippen LogP contribution is 1.93. The van der Waals surface area contributed by atoms with Gasteiger partial charge in [0.25, 0.3) is 0 Å². The number of amides is 1. The van der Waals surface area contributed by atoms with Crippen molar-refractivity contribution in [3.63, 3.8) is 0 Å². The first-order valence-corrected chi connectivity index (χ1v) is 3.97. The second-order valence-corrected chi connectivity index (χ2v) is 2.59. The summed E-state index contributed by atoms with van der Waals surface area (Å²) in [6, 6.07) is 1.75. The van der Waals surface area contributed by atoms with Gasteiger partial charge in [-0.1, -0.05) is 0 Å². The highest BCUT2D eigenvalue weighted by atomic mass is 16.2. The van der Waals surface area contributed by atoms with Crippen LogP contribution in [0.2, 0.25) is 0 Å². The molecule has 14 heavy (non-hydrogen) atoms. The van der Waals surface area contributed by atoms with Crippen molar-refractivity contribution in [2.75, 3.05) is 5.32 Å². The van der Waals surface area contributed by atoms with E-state index in [-0.39, 0.29) is 12.5 Å². The van der Waals surface area contributed by atoms with Crippen LogP contribution in [0, 0.1) is 0 Å². The maximum Gasteiger partial charge on any atom is 0.248 e. The van der Waals surface area contributed by atoms with E-state index in [0.29, 0.717) is 5.95 Å². The maximum atomic E-state index is 11.3. The fourth-order valence-corrected chi connectivity index (χ4v) is 0.978. The van der Waals surface area contributed by atoms with Gasteiger partial charge in [0.1, 0.15) is 12.9 Å². The molecule has 1 amide bonds. The summed E-state index contributed by atoms with van der Waals surface area (Å²) in [5.74, 6) is 0.132. The molecule has 2 rings (SSSR count). The first kappa shape index (κ1) is 8.42. The number of aromatic amines is 1. The molecule has 0 fully saturated rings. The molecule has 2 heterocycles. The van der Waals surface area contributed by atoms with E-state index in [1.54, 1.807) is 18.5 Å². The Morgan fingerprint density at radius 3 is 3.21 bits per heavy atom. The van der Waals surface area contributed by atoms with Gasteiger partial charge in [-0.05, 0) is 6.07 Å². The van der Waals surface area contributed by atoms with Crippen LogP contribution in [-0.4, -0.2) is 30.9 Å². The van der Waals surface area contributed by atoms with Crippen molar-refractivity contribution in [1.29, 1.82) is 0 Å². The van der Waals surface area contributed by atoms with Gasteiger partial charge in [0, 0.05) is 12.4 Å². The lowest BCUT2D eigenvalue weighted by Crippen LogP contribution is -2.19. The monoisotopic (exact) mass is 192 g/mol. The predicted octanol–water partition coefficient (Wildman–Crippen LogP) is -0.360.